The first kappa shape index (κ1) is 32.6. The van der Waals surface area contributed by atoms with Gasteiger partial charge in [0.15, 0.2) is 0 Å². The van der Waals surface area contributed by atoms with Crippen molar-refractivity contribution in [3.8, 4) is 5.75 Å². The molecule has 0 unspecified atom stereocenters. The van der Waals surface area contributed by atoms with Gasteiger partial charge in [0, 0.05) is 0 Å². The van der Waals surface area contributed by atoms with Gasteiger partial charge in [0.05, 0.1) is 0 Å². The number of aryl methyl sites for hydroxylation is 3. The maximum Gasteiger partial charge on any atom is 0.119 e. The standard InChI is InChI=1S/C42H54O/c1-10-30-19-13-16-22-36(30)40(4,5)27-33-25-26-39(43)35(29-42(8,9)38-24-18-15-21-32(38)12-3)34(33)28-41(6,7)37-23-17-14-20-31(37)11-2/h13-26,43H,10-12,27-29H2,1-9H3. The van der Waals surface area contributed by atoms with Gasteiger partial charge in [0.25, 0.3) is 0 Å². The molecule has 4 aromatic carbocycles. The zero-order chi connectivity index (χ0) is 31.4. The highest BCUT2D eigenvalue weighted by Gasteiger charge is 2.33. The highest BCUT2D eigenvalue weighted by atomic mass is 16.3. The molecule has 43 heavy (non-hydrogen) atoms. The van der Waals surface area contributed by atoms with E-state index in [0.717, 1.165) is 44.1 Å². The fourth-order valence-corrected chi connectivity index (χ4v) is 7.42. The van der Waals surface area contributed by atoms with Crippen LogP contribution in [0, 0.1) is 0 Å². The molecule has 0 spiro atoms. The van der Waals surface area contributed by atoms with Crippen molar-refractivity contribution in [1.82, 2.24) is 0 Å². The molecule has 1 nitrogen and oxygen atoms in total. The lowest BCUT2D eigenvalue weighted by atomic mass is 9.69. The van der Waals surface area contributed by atoms with Gasteiger partial charge in [-0.25, -0.2) is 0 Å². The molecule has 0 aliphatic carbocycles. The first-order valence-corrected chi connectivity index (χ1v) is 16.4. The molecule has 1 heteroatoms. The summed E-state index contributed by atoms with van der Waals surface area (Å²) in [6.07, 6.45) is 5.63. The van der Waals surface area contributed by atoms with E-state index in [1.165, 1.54) is 44.5 Å². The van der Waals surface area contributed by atoms with Crippen molar-refractivity contribution >= 4 is 0 Å². The number of aromatic hydroxyl groups is 1. The third-order valence-corrected chi connectivity index (χ3v) is 9.76. The molecule has 0 saturated carbocycles. The Labute approximate surface area is 262 Å². The fourth-order valence-electron chi connectivity index (χ4n) is 7.42. The summed E-state index contributed by atoms with van der Waals surface area (Å²) in [5, 5.41) is 11.6. The van der Waals surface area contributed by atoms with Crippen molar-refractivity contribution in [2.24, 2.45) is 0 Å². The number of benzene rings is 4. The average molecular weight is 575 g/mol. The predicted octanol–water partition coefficient (Wildman–Crippen LogP) is 10.6. The molecule has 0 aromatic heterocycles. The second-order valence-electron chi connectivity index (χ2n) is 14.4. The van der Waals surface area contributed by atoms with Crippen LogP contribution in [-0.2, 0) is 54.8 Å². The van der Waals surface area contributed by atoms with Gasteiger partial charge in [-0.2, -0.15) is 0 Å². The molecule has 0 atom stereocenters. The first-order chi connectivity index (χ1) is 20.3. The van der Waals surface area contributed by atoms with Crippen LogP contribution in [0.3, 0.4) is 0 Å². The van der Waals surface area contributed by atoms with Gasteiger partial charge in [0.2, 0.25) is 0 Å². The summed E-state index contributed by atoms with van der Waals surface area (Å²) in [4.78, 5) is 0. The summed E-state index contributed by atoms with van der Waals surface area (Å²) < 4.78 is 0. The van der Waals surface area contributed by atoms with E-state index in [-0.39, 0.29) is 16.2 Å². The summed E-state index contributed by atoms with van der Waals surface area (Å²) in [5.41, 5.74) is 11.9. The van der Waals surface area contributed by atoms with Crippen molar-refractivity contribution in [2.45, 2.75) is 117 Å². The van der Waals surface area contributed by atoms with Crippen LogP contribution in [0.25, 0.3) is 0 Å². The van der Waals surface area contributed by atoms with Crippen molar-refractivity contribution < 1.29 is 5.11 Å². The molecular formula is C42H54O. The number of hydrogen-bond acceptors (Lipinski definition) is 1. The number of hydrogen-bond donors (Lipinski definition) is 1. The molecule has 1 N–H and O–H groups in total. The van der Waals surface area contributed by atoms with Gasteiger partial charge in [-0.1, -0.05) is 141 Å². The van der Waals surface area contributed by atoms with Crippen LogP contribution in [0.5, 0.6) is 5.75 Å². The van der Waals surface area contributed by atoms with Crippen molar-refractivity contribution in [3.63, 3.8) is 0 Å². The SMILES string of the molecule is CCc1ccccc1C(C)(C)Cc1ccc(O)c(CC(C)(C)c2ccccc2CC)c1CC(C)(C)c1ccccc1CC. The lowest BCUT2D eigenvalue weighted by Crippen LogP contribution is -2.29. The molecule has 0 radical (unpaired) electrons. The highest BCUT2D eigenvalue weighted by molar-refractivity contribution is 5.50. The van der Waals surface area contributed by atoms with Crippen LogP contribution in [0.2, 0.25) is 0 Å². The van der Waals surface area contributed by atoms with E-state index < -0.39 is 0 Å². The van der Waals surface area contributed by atoms with Gasteiger partial charge in [-0.3, -0.25) is 0 Å². The Kier molecular flexibility index (Phi) is 9.95. The van der Waals surface area contributed by atoms with E-state index in [1.54, 1.807) is 0 Å². The molecule has 0 bridgehead atoms. The summed E-state index contributed by atoms with van der Waals surface area (Å²) in [6, 6.07) is 30.9. The van der Waals surface area contributed by atoms with Crippen molar-refractivity contribution in [2.75, 3.05) is 0 Å². The summed E-state index contributed by atoms with van der Waals surface area (Å²) in [6.45, 7) is 21.0. The Morgan fingerprint density at radius 1 is 0.419 bits per heavy atom. The van der Waals surface area contributed by atoms with Crippen molar-refractivity contribution in [1.29, 1.82) is 0 Å². The van der Waals surface area contributed by atoms with Crippen LogP contribution >= 0.6 is 0 Å². The van der Waals surface area contributed by atoms with Crippen molar-refractivity contribution in [3.05, 3.63) is 135 Å². The number of phenolic OH excluding ortho intramolecular Hbond substituents is 1. The molecular weight excluding hydrogens is 520 g/mol. The quantitative estimate of drug-likeness (QED) is 0.178. The minimum absolute atomic E-state index is 0.0502. The normalized spacial score (nSPS) is 12.5. The van der Waals surface area contributed by atoms with Crippen LogP contribution < -0.4 is 0 Å². The number of rotatable bonds is 12. The Morgan fingerprint density at radius 2 is 0.767 bits per heavy atom. The molecule has 228 valence electrons. The zero-order valence-electron chi connectivity index (χ0n) is 28.3. The molecule has 0 saturated heterocycles. The summed E-state index contributed by atoms with van der Waals surface area (Å²) in [7, 11) is 0. The smallest absolute Gasteiger partial charge is 0.119 e. The van der Waals surface area contributed by atoms with E-state index in [1.807, 2.05) is 6.07 Å². The molecule has 0 aliphatic heterocycles. The van der Waals surface area contributed by atoms with E-state index in [9.17, 15) is 5.11 Å². The first-order valence-electron chi connectivity index (χ1n) is 16.4. The van der Waals surface area contributed by atoms with Gasteiger partial charge in [-0.05, 0) is 111 Å². The Bertz CT molecular complexity index is 1530. The lowest BCUT2D eigenvalue weighted by Gasteiger charge is -2.35. The second-order valence-corrected chi connectivity index (χ2v) is 14.4. The van der Waals surface area contributed by atoms with Crippen LogP contribution in [0.15, 0.2) is 84.9 Å². The monoisotopic (exact) mass is 574 g/mol. The average Bonchev–Trinajstić information content (AvgIpc) is 3.00. The molecule has 0 amide bonds. The maximum atomic E-state index is 11.6. The topological polar surface area (TPSA) is 20.2 Å². The van der Waals surface area contributed by atoms with Crippen LogP contribution in [-0.4, -0.2) is 5.11 Å². The Balaban J connectivity index is 1.88. The predicted molar refractivity (Wildman–Crippen MR) is 186 cm³/mol. The van der Waals surface area contributed by atoms with E-state index in [4.69, 9.17) is 0 Å². The van der Waals surface area contributed by atoms with Crippen LogP contribution in [0.4, 0.5) is 0 Å². The van der Waals surface area contributed by atoms with Gasteiger partial charge >= 0.3 is 0 Å². The Hall–Kier alpha value is -3.32. The molecule has 4 rings (SSSR count). The van der Waals surface area contributed by atoms with Gasteiger partial charge < -0.3 is 5.11 Å². The Morgan fingerprint density at radius 3 is 1.16 bits per heavy atom. The fraction of sp³-hybridized carbons (Fsp3) is 0.429. The molecule has 0 heterocycles. The highest BCUT2D eigenvalue weighted by Crippen LogP contribution is 2.41. The van der Waals surface area contributed by atoms with E-state index >= 15 is 0 Å². The number of phenols is 1. The van der Waals surface area contributed by atoms with Gasteiger partial charge in [0.1, 0.15) is 5.75 Å². The molecule has 0 aliphatic rings. The molecule has 4 aromatic rings. The summed E-state index contributed by atoms with van der Waals surface area (Å²) in [5.74, 6) is 0.423. The van der Waals surface area contributed by atoms with Crippen LogP contribution in [0.1, 0.15) is 112 Å². The maximum absolute atomic E-state index is 11.6. The third kappa shape index (κ3) is 7.09. The van der Waals surface area contributed by atoms with E-state index in [2.05, 4.69) is 141 Å². The third-order valence-electron chi connectivity index (χ3n) is 9.76. The zero-order valence-corrected chi connectivity index (χ0v) is 28.3. The largest absolute Gasteiger partial charge is 0.508 e. The minimum Gasteiger partial charge on any atom is -0.508 e. The lowest BCUT2D eigenvalue weighted by molar-refractivity contribution is 0.438. The summed E-state index contributed by atoms with van der Waals surface area (Å²) >= 11 is 0. The minimum atomic E-state index is -0.132. The van der Waals surface area contributed by atoms with E-state index in [0.29, 0.717) is 5.75 Å². The van der Waals surface area contributed by atoms with Gasteiger partial charge in [-0.15, -0.1) is 0 Å². The molecule has 0 fully saturated rings. The second kappa shape index (κ2) is 13.1.